The van der Waals surface area contributed by atoms with Gasteiger partial charge in [0.1, 0.15) is 6.04 Å². The third-order valence-corrected chi connectivity index (χ3v) is 2.79. The predicted molar refractivity (Wildman–Crippen MR) is 57.5 cm³/mol. The zero-order chi connectivity index (χ0) is 12.3. The van der Waals surface area contributed by atoms with Gasteiger partial charge in [-0.05, 0) is 20.4 Å². The van der Waals surface area contributed by atoms with E-state index >= 15 is 0 Å². The Morgan fingerprint density at radius 1 is 1.50 bits per heavy atom. The molecule has 0 bridgehead atoms. The molecule has 16 heavy (non-hydrogen) atoms. The van der Waals surface area contributed by atoms with Crippen LogP contribution in [0.4, 0.5) is 0 Å². The maximum Gasteiger partial charge on any atom is 0.251 e. The first-order chi connectivity index (χ1) is 7.47. The lowest BCUT2D eigenvalue weighted by atomic mass is 10.0. The van der Waals surface area contributed by atoms with Crippen molar-refractivity contribution in [3.05, 3.63) is 0 Å². The summed E-state index contributed by atoms with van der Waals surface area (Å²) in [5.74, 6) is -0.770. The van der Waals surface area contributed by atoms with E-state index in [4.69, 9.17) is 0 Å². The number of imide groups is 1. The molecule has 0 aliphatic carbocycles. The minimum absolute atomic E-state index is 0.197. The number of rotatable bonds is 3. The van der Waals surface area contributed by atoms with Gasteiger partial charge in [-0.2, -0.15) is 0 Å². The molecule has 0 spiro atoms. The molecular formula is C10H17N3O3. The maximum atomic E-state index is 11.7. The summed E-state index contributed by atoms with van der Waals surface area (Å²) in [6.07, 6.45) is 0.672. The lowest BCUT2D eigenvalue weighted by Crippen LogP contribution is -2.55. The monoisotopic (exact) mass is 227 g/mol. The van der Waals surface area contributed by atoms with Crippen molar-refractivity contribution in [3.63, 3.8) is 0 Å². The Kier molecular flexibility index (Phi) is 4.00. The van der Waals surface area contributed by atoms with Crippen LogP contribution in [0, 0.1) is 0 Å². The van der Waals surface area contributed by atoms with E-state index in [1.165, 1.54) is 7.05 Å². The minimum atomic E-state index is -0.578. The Balaban J connectivity index is 2.59. The van der Waals surface area contributed by atoms with E-state index < -0.39 is 6.04 Å². The number of carbonyl (C=O) groups is 3. The molecule has 90 valence electrons. The summed E-state index contributed by atoms with van der Waals surface area (Å²) < 4.78 is 0. The van der Waals surface area contributed by atoms with Crippen LogP contribution in [0.15, 0.2) is 0 Å². The number of hydrogen-bond acceptors (Lipinski definition) is 4. The van der Waals surface area contributed by atoms with Gasteiger partial charge in [0.25, 0.3) is 5.91 Å². The molecule has 2 atom stereocenters. The molecule has 0 radical (unpaired) electrons. The van der Waals surface area contributed by atoms with E-state index in [1.54, 1.807) is 14.0 Å². The summed E-state index contributed by atoms with van der Waals surface area (Å²) in [6, 6.07) is -0.929. The molecule has 6 heteroatoms. The zero-order valence-electron chi connectivity index (χ0n) is 9.74. The fourth-order valence-corrected chi connectivity index (χ4v) is 1.48. The van der Waals surface area contributed by atoms with Gasteiger partial charge in [0.2, 0.25) is 11.8 Å². The van der Waals surface area contributed by atoms with Crippen LogP contribution in [-0.4, -0.2) is 48.8 Å². The van der Waals surface area contributed by atoms with E-state index in [0.29, 0.717) is 12.8 Å². The van der Waals surface area contributed by atoms with Crippen LogP contribution >= 0.6 is 0 Å². The van der Waals surface area contributed by atoms with Crippen LogP contribution in [-0.2, 0) is 14.4 Å². The fraction of sp³-hybridized carbons (Fsp3) is 0.700. The first-order valence-electron chi connectivity index (χ1n) is 5.25. The van der Waals surface area contributed by atoms with Gasteiger partial charge in [0.15, 0.2) is 0 Å². The Bertz CT molecular complexity index is 316. The van der Waals surface area contributed by atoms with Crippen molar-refractivity contribution >= 4 is 17.7 Å². The number of likely N-dealkylation sites (tertiary alicyclic amines) is 1. The maximum absolute atomic E-state index is 11.7. The Hall–Kier alpha value is -1.43. The number of piperidine rings is 1. The molecule has 0 aromatic carbocycles. The summed E-state index contributed by atoms with van der Waals surface area (Å²) in [6.45, 7) is 1.71. The number of likely N-dealkylation sites (N-methyl/N-ethyl adjacent to an activating group) is 2. The normalized spacial score (nSPS) is 23.2. The molecule has 6 nitrogen and oxygen atoms in total. The van der Waals surface area contributed by atoms with Crippen molar-refractivity contribution in [3.8, 4) is 0 Å². The third kappa shape index (κ3) is 2.57. The summed E-state index contributed by atoms with van der Waals surface area (Å²) in [7, 11) is 3.10. The summed E-state index contributed by atoms with van der Waals surface area (Å²) in [5, 5.41) is 5.41. The van der Waals surface area contributed by atoms with Gasteiger partial charge < -0.3 is 10.6 Å². The molecule has 1 heterocycles. The molecule has 0 saturated carbocycles. The van der Waals surface area contributed by atoms with Crippen molar-refractivity contribution in [2.24, 2.45) is 0 Å². The molecule has 2 N–H and O–H groups in total. The summed E-state index contributed by atoms with van der Waals surface area (Å²) in [4.78, 5) is 35.5. The van der Waals surface area contributed by atoms with E-state index in [0.717, 1.165) is 4.90 Å². The fourth-order valence-electron chi connectivity index (χ4n) is 1.48. The van der Waals surface area contributed by atoms with Gasteiger partial charge in [-0.15, -0.1) is 0 Å². The average Bonchev–Trinajstić information content (AvgIpc) is 2.28. The van der Waals surface area contributed by atoms with Crippen molar-refractivity contribution in [2.75, 3.05) is 14.1 Å². The van der Waals surface area contributed by atoms with Gasteiger partial charge in [-0.25, -0.2) is 0 Å². The van der Waals surface area contributed by atoms with Crippen molar-refractivity contribution in [2.45, 2.75) is 31.8 Å². The van der Waals surface area contributed by atoms with Gasteiger partial charge in [0.05, 0.1) is 6.04 Å². The van der Waals surface area contributed by atoms with Crippen LogP contribution in [0.25, 0.3) is 0 Å². The Morgan fingerprint density at radius 2 is 2.12 bits per heavy atom. The lowest BCUT2D eigenvalue weighted by molar-refractivity contribution is -0.149. The van der Waals surface area contributed by atoms with Crippen molar-refractivity contribution in [1.29, 1.82) is 0 Å². The highest BCUT2D eigenvalue weighted by atomic mass is 16.2. The lowest BCUT2D eigenvalue weighted by Gasteiger charge is -2.28. The van der Waals surface area contributed by atoms with Gasteiger partial charge in [-0.3, -0.25) is 19.3 Å². The highest BCUT2D eigenvalue weighted by Gasteiger charge is 2.33. The topological polar surface area (TPSA) is 78.5 Å². The highest BCUT2D eigenvalue weighted by Crippen LogP contribution is 2.11. The molecular weight excluding hydrogens is 210 g/mol. The predicted octanol–water partition coefficient (Wildman–Crippen LogP) is -1.14. The second-order valence-corrected chi connectivity index (χ2v) is 3.90. The number of amides is 3. The van der Waals surface area contributed by atoms with E-state index in [1.807, 2.05) is 0 Å². The van der Waals surface area contributed by atoms with Crippen LogP contribution in [0.5, 0.6) is 0 Å². The molecule has 1 fully saturated rings. The second-order valence-electron chi connectivity index (χ2n) is 3.90. The van der Waals surface area contributed by atoms with Gasteiger partial charge >= 0.3 is 0 Å². The van der Waals surface area contributed by atoms with Gasteiger partial charge in [0, 0.05) is 13.5 Å². The van der Waals surface area contributed by atoms with Crippen LogP contribution < -0.4 is 10.6 Å². The van der Waals surface area contributed by atoms with E-state index in [2.05, 4.69) is 10.6 Å². The SMILES string of the molecule is CNC(C)C(=O)NC1CCC(=O)N(C)C1=O. The first-order valence-corrected chi connectivity index (χ1v) is 5.25. The molecule has 0 aromatic heterocycles. The molecule has 1 saturated heterocycles. The molecule has 0 aromatic rings. The molecule has 1 rings (SSSR count). The van der Waals surface area contributed by atoms with Crippen molar-refractivity contribution in [1.82, 2.24) is 15.5 Å². The Labute approximate surface area is 94.4 Å². The van der Waals surface area contributed by atoms with E-state index in [-0.39, 0.29) is 23.8 Å². The second kappa shape index (κ2) is 5.07. The quantitative estimate of drug-likeness (QED) is 0.597. The van der Waals surface area contributed by atoms with Crippen LogP contribution in [0.1, 0.15) is 19.8 Å². The molecule has 3 amide bonds. The Morgan fingerprint density at radius 3 is 2.69 bits per heavy atom. The van der Waals surface area contributed by atoms with E-state index in [9.17, 15) is 14.4 Å². The number of hydrogen-bond donors (Lipinski definition) is 2. The largest absolute Gasteiger partial charge is 0.343 e. The number of nitrogens with zero attached hydrogens (tertiary/aromatic N) is 1. The first kappa shape index (κ1) is 12.6. The highest BCUT2D eigenvalue weighted by molar-refractivity contribution is 6.01. The molecule has 1 aliphatic rings. The molecule has 2 unspecified atom stereocenters. The van der Waals surface area contributed by atoms with Crippen LogP contribution in [0.3, 0.4) is 0 Å². The van der Waals surface area contributed by atoms with Crippen LogP contribution in [0.2, 0.25) is 0 Å². The summed E-state index contributed by atoms with van der Waals surface area (Å²) >= 11 is 0. The average molecular weight is 227 g/mol. The van der Waals surface area contributed by atoms with Gasteiger partial charge in [-0.1, -0.05) is 0 Å². The zero-order valence-corrected chi connectivity index (χ0v) is 9.74. The third-order valence-electron chi connectivity index (χ3n) is 2.79. The standard InChI is InChI=1S/C10H17N3O3/c1-6(11-2)9(15)12-7-4-5-8(14)13(3)10(7)16/h6-7,11H,4-5H2,1-3H3,(H,12,15). The molecule has 1 aliphatic heterocycles. The smallest absolute Gasteiger partial charge is 0.251 e. The number of carbonyl (C=O) groups excluding carboxylic acids is 3. The van der Waals surface area contributed by atoms with Crippen molar-refractivity contribution < 1.29 is 14.4 Å². The summed E-state index contributed by atoms with van der Waals surface area (Å²) in [5.41, 5.74) is 0. The number of nitrogens with one attached hydrogen (secondary N) is 2. The minimum Gasteiger partial charge on any atom is -0.343 e.